The van der Waals surface area contributed by atoms with E-state index in [0.29, 0.717) is 31.4 Å². The Morgan fingerprint density at radius 1 is 1.17 bits per heavy atom. The third-order valence-corrected chi connectivity index (χ3v) is 5.33. The molecule has 2 rings (SSSR count). The van der Waals surface area contributed by atoms with E-state index in [9.17, 15) is 4.79 Å². The fourth-order valence-corrected chi connectivity index (χ4v) is 3.56. The first kappa shape index (κ1) is 18.3. The van der Waals surface area contributed by atoms with Crippen molar-refractivity contribution in [2.75, 3.05) is 12.4 Å². The largest absolute Gasteiger partial charge is 0.495 e. The van der Waals surface area contributed by atoms with Crippen LogP contribution >= 0.6 is 46.6 Å². The van der Waals surface area contributed by atoms with Crippen molar-refractivity contribution in [3.63, 3.8) is 0 Å². The van der Waals surface area contributed by atoms with E-state index >= 15 is 0 Å². The molecule has 1 atom stereocenters. The van der Waals surface area contributed by atoms with Crippen LogP contribution in [0.4, 0.5) is 5.69 Å². The summed E-state index contributed by atoms with van der Waals surface area (Å²) in [4.78, 5) is 13.1. The molecular formula is C16H14Cl3NO2S. The number of hydrogen-bond donors (Lipinski definition) is 1. The van der Waals surface area contributed by atoms with Gasteiger partial charge in [-0.05, 0) is 37.3 Å². The van der Waals surface area contributed by atoms with E-state index in [0.717, 1.165) is 0 Å². The van der Waals surface area contributed by atoms with Crippen molar-refractivity contribution in [1.29, 1.82) is 0 Å². The summed E-state index contributed by atoms with van der Waals surface area (Å²) < 4.78 is 5.22. The van der Waals surface area contributed by atoms with Gasteiger partial charge < -0.3 is 10.1 Å². The predicted molar refractivity (Wildman–Crippen MR) is 98.4 cm³/mol. The number of methoxy groups -OCH3 is 1. The zero-order chi connectivity index (χ0) is 17.0. The van der Waals surface area contributed by atoms with Crippen LogP contribution in [0, 0.1) is 0 Å². The molecule has 2 aromatic carbocycles. The maximum absolute atomic E-state index is 12.4. The number of nitrogens with one attached hydrogen (secondary N) is 1. The number of rotatable bonds is 5. The molecule has 23 heavy (non-hydrogen) atoms. The third kappa shape index (κ3) is 4.70. The molecule has 0 aliphatic heterocycles. The van der Waals surface area contributed by atoms with E-state index in [2.05, 4.69) is 5.32 Å². The Hall–Kier alpha value is -1.07. The molecule has 0 saturated heterocycles. The van der Waals surface area contributed by atoms with Crippen LogP contribution in [0.2, 0.25) is 15.1 Å². The van der Waals surface area contributed by atoms with E-state index in [4.69, 9.17) is 39.5 Å². The number of benzene rings is 2. The van der Waals surface area contributed by atoms with Crippen molar-refractivity contribution in [3.8, 4) is 5.75 Å². The SMILES string of the molecule is COc1ccc(Cl)cc1NC(=O)[C@H](C)Sc1c(Cl)cccc1Cl. The van der Waals surface area contributed by atoms with Crippen molar-refractivity contribution in [1.82, 2.24) is 0 Å². The molecule has 0 radical (unpaired) electrons. The molecule has 0 saturated carbocycles. The Morgan fingerprint density at radius 3 is 2.43 bits per heavy atom. The molecule has 0 aliphatic rings. The van der Waals surface area contributed by atoms with E-state index in [1.54, 1.807) is 43.3 Å². The smallest absolute Gasteiger partial charge is 0.237 e. The molecule has 7 heteroatoms. The van der Waals surface area contributed by atoms with Crippen molar-refractivity contribution in [2.45, 2.75) is 17.1 Å². The zero-order valence-electron chi connectivity index (χ0n) is 12.4. The Bertz CT molecular complexity index is 704. The number of thioether (sulfide) groups is 1. The molecule has 0 spiro atoms. The molecule has 2 aromatic rings. The highest BCUT2D eigenvalue weighted by molar-refractivity contribution is 8.00. The van der Waals surface area contributed by atoms with Crippen LogP contribution < -0.4 is 10.1 Å². The molecule has 0 aliphatic carbocycles. The summed E-state index contributed by atoms with van der Waals surface area (Å²) >= 11 is 19.5. The lowest BCUT2D eigenvalue weighted by atomic mass is 10.3. The van der Waals surface area contributed by atoms with Gasteiger partial charge >= 0.3 is 0 Å². The minimum absolute atomic E-state index is 0.202. The van der Waals surface area contributed by atoms with Gasteiger partial charge in [0, 0.05) is 9.92 Å². The second-order valence-corrected chi connectivity index (χ2v) is 7.25. The topological polar surface area (TPSA) is 38.3 Å². The lowest BCUT2D eigenvalue weighted by Gasteiger charge is -2.15. The van der Waals surface area contributed by atoms with E-state index < -0.39 is 5.25 Å². The number of carbonyl (C=O) groups excluding carboxylic acids is 1. The molecule has 0 bridgehead atoms. The fraction of sp³-hybridized carbons (Fsp3) is 0.188. The predicted octanol–water partition coefficient (Wildman–Crippen LogP) is 5.77. The van der Waals surface area contributed by atoms with Gasteiger partial charge in [-0.1, -0.05) is 40.9 Å². The lowest BCUT2D eigenvalue weighted by Crippen LogP contribution is -2.22. The Morgan fingerprint density at radius 2 is 1.83 bits per heavy atom. The molecule has 1 N–H and O–H groups in total. The maximum Gasteiger partial charge on any atom is 0.237 e. The zero-order valence-corrected chi connectivity index (χ0v) is 15.5. The first-order valence-electron chi connectivity index (χ1n) is 6.67. The van der Waals surface area contributed by atoms with Crippen molar-refractivity contribution in [3.05, 3.63) is 51.5 Å². The number of hydrogen-bond acceptors (Lipinski definition) is 3. The summed E-state index contributed by atoms with van der Waals surface area (Å²) in [6, 6.07) is 10.3. The summed E-state index contributed by atoms with van der Waals surface area (Å²) in [5.74, 6) is 0.335. The first-order valence-corrected chi connectivity index (χ1v) is 8.68. The van der Waals surface area contributed by atoms with Crippen LogP contribution in [0.1, 0.15) is 6.92 Å². The highest BCUT2D eigenvalue weighted by Crippen LogP contribution is 2.37. The molecule has 0 unspecified atom stereocenters. The van der Waals surface area contributed by atoms with Gasteiger partial charge in [-0.3, -0.25) is 4.79 Å². The third-order valence-electron chi connectivity index (χ3n) is 3.00. The lowest BCUT2D eigenvalue weighted by molar-refractivity contribution is -0.115. The Balaban J connectivity index is 2.13. The summed E-state index contributed by atoms with van der Waals surface area (Å²) in [7, 11) is 1.53. The summed E-state index contributed by atoms with van der Waals surface area (Å²) in [6.45, 7) is 1.77. The van der Waals surface area contributed by atoms with Gasteiger partial charge in [0.15, 0.2) is 0 Å². The first-order chi connectivity index (χ1) is 10.9. The second kappa shape index (κ2) is 8.15. The summed E-state index contributed by atoms with van der Waals surface area (Å²) in [5.41, 5.74) is 0.516. The van der Waals surface area contributed by atoms with Gasteiger partial charge in [0.2, 0.25) is 5.91 Å². The molecule has 0 aromatic heterocycles. The highest BCUT2D eigenvalue weighted by atomic mass is 35.5. The van der Waals surface area contributed by atoms with Gasteiger partial charge in [-0.25, -0.2) is 0 Å². The molecule has 122 valence electrons. The Kier molecular flexibility index (Phi) is 6.48. The number of halogens is 3. The van der Waals surface area contributed by atoms with Crippen LogP contribution in [-0.4, -0.2) is 18.3 Å². The van der Waals surface area contributed by atoms with E-state index in [-0.39, 0.29) is 5.91 Å². The minimum atomic E-state index is -0.406. The average molecular weight is 391 g/mol. The second-order valence-electron chi connectivity index (χ2n) is 4.64. The van der Waals surface area contributed by atoms with Crippen molar-refractivity contribution < 1.29 is 9.53 Å². The number of anilines is 1. The van der Waals surface area contributed by atoms with Gasteiger partial charge in [0.05, 0.1) is 28.1 Å². The molecule has 1 amide bonds. The number of carbonyl (C=O) groups is 1. The summed E-state index contributed by atoms with van der Waals surface area (Å²) in [6.07, 6.45) is 0. The highest BCUT2D eigenvalue weighted by Gasteiger charge is 2.19. The standard InChI is InChI=1S/C16H14Cl3NO2S/c1-9(23-15-11(18)4-3-5-12(15)19)16(21)20-13-8-10(17)6-7-14(13)22-2/h3-9H,1-2H3,(H,20,21)/t9-/m0/s1. The van der Waals surface area contributed by atoms with E-state index in [1.165, 1.54) is 18.9 Å². The van der Waals surface area contributed by atoms with Gasteiger partial charge in [-0.2, -0.15) is 0 Å². The number of amides is 1. The quantitative estimate of drug-likeness (QED) is 0.658. The molecule has 0 fully saturated rings. The summed E-state index contributed by atoms with van der Waals surface area (Å²) in [5, 5.41) is 3.94. The van der Waals surface area contributed by atoms with Crippen LogP contribution in [-0.2, 0) is 4.79 Å². The minimum Gasteiger partial charge on any atom is -0.495 e. The molecule has 0 heterocycles. The van der Waals surface area contributed by atoms with Crippen LogP contribution in [0.5, 0.6) is 5.75 Å². The monoisotopic (exact) mass is 389 g/mol. The van der Waals surface area contributed by atoms with E-state index in [1.807, 2.05) is 0 Å². The van der Waals surface area contributed by atoms with Crippen LogP contribution in [0.3, 0.4) is 0 Å². The van der Waals surface area contributed by atoms with Gasteiger partial charge in [0.1, 0.15) is 5.75 Å². The average Bonchev–Trinajstić information content (AvgIpc) is 2.51. The van der Waals surface area contributed by atoms with Gasteiger partial charge in [0.25, 0.3) is 0 Å². The van der Waals surface area contributed by atoms with Crippen LogP contribution in [0.25, 0.3) is 0 Å². The molecule has 3 nitrogen and oxygen atoms in total. The van der Waals surface area contributed by atoms with Gasteiger partial charge in [-0.15, -0.1) is 11.8 Å². The van der Waals surface area contributed by atoms with Crippen molar-refractivity contribution in [2.24, 2.45) is 0 Å². The normalized spacial score (nSPS) is 11.9. The Labute approximate surface area is 154 Å². The molecular weight excluding hydrogens is 377 g/mol. The maximum atomic E-state index is 12.4. The number of ether oxygens (including phenoxy) is 1. The fourth-order valence-electron chi connectivity index (χ4n) is 1.84. The van der Waals surface area contributed by atoms with Crippen LogP contribution in [0.15, 0.2) is 41.3 Å². The van der Waals surface area contributed by atoms with Crippen molar-refractivity contribution >= 4 is 58.2 Å².